The molecule has 2 aliphatic rings. The fourth-order valence-electron chi connectivity index (χ4n) is 3.17. The topological polar surface area (TPSA) is 27.7 Å². The highest BCUT2D eigenvalue weighted by Gasteiger charge is 2.23. The van der Waals surface area contributed by atoms with Gasteiger partial charge in [-0.15, -0.1) is 0 Å². The molecule has 0 aromatic rings. The van der Waals surface area contributed by atoms with Crippen molar-refractivity contribution in [2.24, 2.45) is 0 Å². The molecule has 0 bridgehead atoms. The van der Waals surface area contributed by atoms with Crippen molar-refractivity contribution >= 4 is 0 Å². The lowest BCUT2D eigenvalue weighted by atomic mass is 10.1. The van der Waals surface area contributed by atoms with Crippen LogP contribution in [0.2, 0.25) is 0 Å². The molecule has 4 nitrogen and oxygen atoms in total. The normalized spacial score (nSPS) is 35.8. The van der Waals surface area contributed by atoms with Crippen molar-refractivity contribution in [2.45, 2.75) is 51.3 Å². The van der Waals surface area contributed by atoms with Crippen molar-refractivity contribution in [2.75, 3.05) is 46.4 Å². The van der Waals surface area contributed by atoms with Gasteiger partial charge in [0.1, 0.15) is 0 Å². The van der Waals surface area contributed by atoms with Crippen LogP contribution in [-0.4, -0.2) is 74.4 Å². The lowest BCUT2D eigenvalue weighted by molar-refractivity contribution is -0.0370. The van der Waals surface area contributed by atoms with E-state index in [4.69, 9.17) is 4.74 Å². The summed E-state index contributed by atoms with van der Waals surface area (Å²) in [5.41, 5.74) is 0. The van der Waals surface area contributed by atoms with Gasteiger partial charge in [0.05, 0.1) is 12.7 Å². The number of nitrogens with one attached hydrogen (secondary N) is 1. The Labute approximate surface area is 118 Å². The molecule has 2 aliphatic heterocycles. The van der Waals surface area contributed by atoms with Crippen LogP contribution < -0.4 is 5.32 Å². The maximum Gasteiger partial charge on any atom is 0.0829 e. The molecule has 1 N–H and O–H groups in total. The molecule has 0 spiro atoms. The highest BCUT2D eigenvalue weighted by molar-refractivity contribution is 4.80. The lowest BCUT2D eigenvalue weighted by Gasteiger charge is -2.36. The van der Waals surface area contributed by atoms with Crippen molar-refractivity contribution in [3.63, 3.8) is 0 Å². The Morgan fingerprint density at radius 2 is 2.00 bits per heavy atom. The third kappa shape index (κ3) is 5.03. The number of morpholine rings is 1. The fourth-order valence-corrected chi connectivity index (χ4v) is 3.17. The van der Waals surface area contributed by atoms with Gasteiger partial charge in [-0.1, -0.05) is 6.92 Å². The zero-order chi connectivity index (χ0) is 13.7. The van der Waals surface area contributed by atoms with Crippen LogP contribution in [0.5, 0.6) is 0 Å². The van der Waals surface area contributed by atoms with Crippen LogP contribution in [0.3, 0.4) is 0 Å². The van der Waals surface area contributed by atoms with Crippen LogP contribution in [0.15, 0.2) is 0 Å². The zero-order valence-corrected chi connectivity index (χ0v) is 12.9. The van der Waals surface area contributed by atoms with Crippen LogP contribution in [-0.2, 0) is 4.74 Å². The first kappa shape index (κ1) is 15.2. The quantitative estimate of drug-likeness (QED) is 0.832. The van der Waals surface area contributed by atoms with E-state index in [0.717, 1.165) is 26.2 Å². The highest BCUT2D eigenvalue weighted by Crippen LogP contribution is 2.12. The zero-order valence-electron chi connectivity index (χ0n) is 12.9. The van der Waals surface area contributed by atoms with Gasteiger partial charge in [0.25, 0.3) is 0 Å². The fraction of sp³-hybridized carbons (Fsp3) is 1.00. The summed E-state index contributed by atoms with van der Waals surface area (Å²) >= 11 is 0. The Hall–Kier alpha value is -0.160. The van der Waals surface area contributed by atoms with Crippen molar-refractivity contribution < 1.29 is 4.74 Å². The number of likely N-dealkylation sites (N-methyl/N-ethyl adjacent to an activating group) is 1. The Balaban J connectivity index is 1.81. The van der Waals surface area contributed by atoms with E-state index in [-0.39, 0.29) is 0 Å². The van der Waals surface area contributed by atoms with Gasteiger partial charge in [0.2, 0.25) is 0 Å². The summed E-state index contributed by atoms with van der Waals surface area (Å²) in [4.78, 5) is 5.00. The van der Waals surface area contributed by atoms with E-state index in [9.17, 15) is 0 Å². The van der Waals surface area contributed by atoms with E-state index in [2.05, 4.69) is 36.0 Å². The molecular weight excluding hydrogens is 238 g/mol. The first-order chi connectivity index (χ1) is 9.17. The molecule has 0 amide bonds. The molecule has 0 radical (unpaired) electrons. The Morgan fingerprint density at radius 1 is 1.21 bits per heavy atom. The molecule has 0 saturated carbocycles. The van der Waals surface area contributed by atoms with E-state index in [1.54, 1.807) is 0 Å². The molecule has 0 aromatic carbocycles. The summed E-state index contributed by atoms with van der Waals surface area (Å²) in [6.45, 7) is 11.2. The Morgan fingerprint density at radius 3 is 2.74 bits per heavy atom. The standard InChI is InChI=1S/C15H31N3O/c1-4-14-6-8-18(7-5-13(2)16-14)12-15-11-17(3)9-10-19-15/h13-16H,4-12H2,1-3H3. The molecule has 19 heavy (non-hydrogen) atoms. The van der Waals surface area contributed by atoms with Gasteiger partial charge in [-0.2, -0.15) is 0 Å². The second kappa shape index (κ2) is 7.58. The summed E-state index contributed by atoms with van der Waals surface area (Å²) in [5, 5.41) is 3.73. The van der Waals surface area contributed by atoms with Crippen LogP contribution in [0.25, 0.3) is 0 Å². The SMILES string of the molecule is CCC1CCN(CC2CN(C)CCO2)CCC(C)N1. The summed E-state index contributed by atoms with van der Waals surface area (Å²) in [6.07, 6.45) is 4.16. The van der Waals surface area contributed by atoms with Crippen LogP contribution in [0, 0.1) is 0 Å². The molecule has 0 aliphatic carbocycles. The van der Waals surface area contributed by atoms with E-state index >= 15 is 0 Å². The number of hydrogen-bond donors (Lipinski definition) is 1. The molecule has 0 aromatic heterocycles. The summed E-state index contributed by atoms with van der Waals surface area (Å²) in [5.74, 6) is 0. The Bertz CT molecular complexity index is 262. The smallest absolute Gasteiger partial charge is 0.0829 e. The molecule has 112 valence electrons. The van der Waals surface area contributed by atoms with E-state index in [0.29, 0.717) is 18.2 Å². The third-order valence-corrected chi connectivity index (χ3v) is 4.49. The van der Waals surface area contributed by atoms with Crippen molar-refractivity contribution in [3.05, 3.63) is 0 Å². The van der Waals surface area contributed by atoms with Gasteiger partial charge < -0.3 is 19.9 Å². The van der Waals surface area contributed by atoms with E-state index in [1.165, 1.54) is 32.4 Å². The average Bonchev–Trinajstić information content (AvgIpc) is 2.38. The first-order valence-electron chi connectivity index (χ1n) is 7.96. The van der Waals surface area contributed by atoms with Crippen molar-refractivity contribution in [3.8, 4) is 0 Å². The highest BCUT2D eigenvalue weighted by atomic mass is 16.5. The van der Waals surface area contributed by atoms with Gasteiger partial charge >= 0.3 is 0 Å². The number of nitrogens with zero attached hydrogens (tertiary/aromatic N) is 2. The second-order valence-electron chi connectivity index (χ2n) is 6.31. The molecule has 3 atom stereocenters. The summed E-state index contributed by atoms with van der Waals surface area (Å²) in [7, 11) is 2.20. The first-order valence-corrected chi connectivity index (χ1v) is 7.96. The number of rotatable bonds is 3. The maximum absolute atomic E-state index is 5.90. The minimum Gasteiger partial charge on any atom is -0.374 e. The maximum atomic E-state index is 5.90. The van der Waals surface area contributed by atoms with Crippen LogP contribution in [0.1, 0.15) is 33.1 Å². The average molecular weight is 269 g/mol. The van der Waals surface area contributed by atoms with Gasteiger partial charge in [-0.3, -0.25) is 0 Å². The largest absolute Gasteiger partial charge is 0.374 e. The minimum atomic E-state index is 0.404. The van der Waals surface area contributed by atoms with E-state index < -0.39 is 0 Å². The molecule has 3 unspecified atom stereocenters. The van der Waals surface area contributed by atoms with Crippen LogP contribution >= 0.6 is 0 Å². The number of hydrogen-bond acceptors (Lipinski definition) is 4. The predicted octanol–water partition coefficient (Wildman–Crippen LogP) is 1.17. The van der Waals surface area contributed by atoms with Gasteiger partial charge in [-0.25, -0.2) is 0 Å². The van der Waals surface area contributed by atoms with Crippen LogP contribution in [0.4, 0.5) is 0 Å². The molecule has 4 heteroatoms. The molecule has 2 heterocycles. The van der Waals surface area contributed by atoms with Gasteiger partial charge in [0, 0.05) is 31.7 Å². The number of ether oxygens (including phenoxy) is 1. The molecule has 2 saturated heterocycles. The Kier molecular flexibility index (Phi) is 6.07. The van der Waals surface area contributed by atoms with E-state index in [1.807, 2.05) is 0 Å². The molecule has 2 fully saturated rings. The van der Waals surface area contributed by atoms with Gasteiger partial charge in [0.15, 0.2) is 0 Å². The monoisotopic (exact) mass is 269 g/mol. The van der Waals surface area contributed by atoms with Gasteiger partial charge in [-0.05, 0) is 46.3 Å². The molecular formula is C15H31N3O. The molecule has 2 rings (SSSR count). The third-order valence-electron chi connectivity index (χ3n) is 4.49. The second-order valence-corrected chi connectivity index (χ2v) is 6.31. The summed E-state index contributed by atoms with van der Waals surface area (Å²) < 4.78 is 5.90. The minimum absolute atomic E-state index is 0.404. The van der Waals surface area contributed by atoms with Crippen molar-refractivity contribution in [1.82, 2.24) is 15.1 Å². The lowest BCUT2D eigenvalue weighted by Crippen LogP contribution is -2.49. The summed E-state index contributed by atoms with van der Waals surface area (Å²) in [6, 6.07) is 1.33. The predicted molar refractivity (Wildman–Crippen MR) is 79.6 cm³/mol. The van der Waals surface area contributed by atoms with Crippen molar-refractivity contribution in [1.29, 1.82) is 0 Å².